The van der Waals surface area contributed by atoms with Gasteiger partial charge in [0.05, 0.1) is 3.92 Å². The van der Waals surface area contributed by atoms with Gasteiger partial charge >= 0.3 is 5.97 Å². The lowest BCUT2D eigenvalue weighted by molar-refractivity contribution is -0.167. The van der Waals surface area contributed by atoms with Crippen molar-refractivity contribution < 1.29 is 23.8 Å². The van der Waals surface area contributed by atoms with E-state index in [0.29, 0.717) is 6.42 Å². The minimum atomic E-state index is -0.788. The average molecular weight is 674 g/mol. The van der Waals surface area contributed by atoms with Crippen molar-refractivity contribution in [3.63, 3.8) is 0 Å². The van der Waals surface area contributed by atoms with E-state index in [1.165, 1.54) is 0 Å². The smallest absolute Gasteiger partial charge is 0.331 e. The highest BCUT2D eigenvalue weighted by molar-refractivity contribution is 14.1. The van der Waals surface area contributed by atoms with E-state index in [9.17, 15) is 9.59 Å². The van der Waals surface area contributed by atoms with Crippen LogP contribution in [0.4, 0.5) is 0 Å². The van der Waals surface area contributed by atoms with E-state index in [0.717, 1.165) is 11.1 Å². The molecule has 9 heteroatoms. The second-order valence-electron chi connectivity index (χ2n) is 9.25. The van der Waals surface area contributed by atoms with E-state index < -0.39 is 33.5 Å². The maximum Gasteiger partial charge on any atom is 0.331 e. The quantitative estimate of drug-likeness (QED) is 0.118. The van der Waals surface area contributed by atoms with Crippen LogP contribution in [0, 0.1) is 0 Å². The number of carbonyl (C=O) groups is 2. The third-order valence-electron chi connectivity index (χ3n) is 6.50. The molecule has 2 fully saturated rings. The first-order valence-electron chi connectivity index (χ1n) is 11.3. The van der Waals surface area contributed by atoms with Gasteiger partial charge in [-0.25, -0.2) is 4.79 Å². The molecule has 1 amide bonds. The zero-order valence-corrected chi connectivity index (χ0v) is 24.6. The molecule has 0 saturated carbocycles. The molecule has 6 nitrogen and oxygen atoms in total. The average Bonchev–Trinajstić information content (AvgIpc) is 3.13. The molecule has 0 N–H and O–H groups in total. The predicted octanol–water partition coefficient (Wildman–Crippen LogP) is 5.33. The first kappa shape index (κ1) is 26.9. The van der Waals surface area contributed by atoms with E-state index in [1.54, 1.807) is 30.9 Å². The minimum absolute atomic E-state index is 0.0525. The molecule has 0 bridgehead atoms. The summed E-state index contributed by atoms with van der Waals surface area (Å²) in [7, 11) is 3.18. The Bertz CT molecular complexity index is 1010. The first-order valence-corrected chi connectivity index (χ1v) is 14.3. The highest BCUT2D eigenvalue weighted by Crippen LogP contribution is 2.60. The van der Waals surface area contributed by atoms with Crippen LogP contribution in [0.5, 0.6) is 0 Å². The van der Waals surface area contributed by atoms with Crippen molar-refractivity contribution in [1.29, 1.82) is 0 Å². The first-order chi connectivity index (χ1) is 16.6. The second-order valence-corrected chi connectivity index (χ2v) is 14.0. The number of hydrogen-bond donors (Lipinski definition) is 0. The summed E-state index contributed by atoms with van der Waals surface area (Å²) in [5.41, 5.74) is 1.77. The van der Waals surface area contributed by atoms with Gasteiger partial charge in [-0.05, 0) is 31.4 Å². The largest absolute Gasteiger partial charge is 0.451 e. The summed E-state index contributed by atoms with van der Waals surface area (Å²) in [6.45, 7) is 3.99. The van der Waals surface area contributed by atoms with Gasteiger partial charge in [0.2, 0.25) is 5.91 Å². The predicted molar refractivity (Wildman–Crippen MR) is 149 cm³/mol. The van der Waals surface area contributed by atoms with Crippen LogP contribution in [0.15, 0.2) is 60.7 Å². The lowest BCUT2D eigenvalue weighted by Gasteiger charge is -2.51. The molecule has 4 atom stereocenters. The number of methoxy groups -OCH3 is 2. The van der Waals surface area contributed by atoms with Crippen LogP contribution >= 0.6 is 50.3 Å². The molecular weight excluding hydrogens is 645 g/mol. The van der Waals surface area contributed by atoms with Crippen LogP contribution in [-0.4, -0.2) is 61.7 Å². The van der Waals surface area contributed by atoms with Crippen LogP contribution in [0.25, 0.3) is 0 Å². The summed E-state index contributed by atoms with van der Waals surface area (Å²) < 4.78 is 15.6. The maximum absolute atomic E-state index is 13.7. The fraction of sp³-hybridized carbons (Fsp3) is 0.462. The van der Waals surface area contributed by atoms with Crippen molar-refractivity contribution in [1.82, 2.24) is 4.90 Å². The molecule has 0 aliphatic carbocycles. The number of amides is 1. The van der Waals surface area contributed by atoms with Crippen LogP contribution < -0.4 is 0 Å². The lowest BCUT2D eigenvalue weighted by atomic mass is 9.88. The Labute approximate surface area is 232 Å². The van der Waals surface area contributed by atoms with Gasteiger partial charge in [-0.15, -0.1) is 11.8 Å². The van der Waals surface area contributed by atoms with Crippen LogP contribution in [0.2, 0.25) is 0 Å². The van der Waals surface area contributed by atoms with Gasteiger partial charge in [-0.2, -0.15) is 0 Å². The van der Waals surface area contributed by atoms with Crippen LogP contribution in [0.3, 0.4) is 0 Å². The molecule has 2 aliphatic rings. The summed E-state index contributed by atoms with van der Waals surface area (Å²) in [6.07, 6.45) is -0.469. The van der Waals surface area contributed by atoms with Crippen molar-refractivity contribution in [3.05, 3.63) is 71.8 Å². The highest BCUT2D eigenvalue weighted by Gasteiger charge is 2.71. The number of thioether (sulfide) groups is 1. The molecule has 2 saturated heterocycles. The fourth-order valence-electron chi connectivity index (χ4n) is 4.79. The Balaban J connectivity index is 1.57. The maximum atomic E-state index is 13.7. The Hall–Kier alpha value is -1.14. The molecule has 35 heavy (non-hydrogen) atoms. The third-order valence-corrected chi connectivity index (χ3v) is 10.6. The standard InChI is InChI=1S/C26H29BrINO5S/c1-25(2)20(29-23(31)26(27,24(29)35-25)15-18(28)22(32-3)33-4)21(30)34-19(16-11-7-5-8-12-16)17-13-9-6-10-14-17/h5-14,18-20,22,24H,15H2,1-4H3/t18-,20+,24-,26-/m1/s1. The van der Waals surface area contributed by atoms with Gasteiger partial charge in [0, 0.05) is 19.0 Å². The number of alkyl halides is 2. The SMILES string of the molecule is COC(OC)[C@H](I)C[C@@]1(Br)C(=O)N2[C@@H](C(=O)OC(c3ccccc3)c3ccccc3)C(C)(C)S[C@@H]21. The molecule has 2 heterocycles. The number of fused-ring (bicyclic) bond motifs is 1. The molecule has 2 aliphatic heterocycles. The zero-order valence-electron chi connectivity index (χ0n) is 20.0. The van der Waals surface area contributed by atoms with Crippen molar-refractivity contribution in [2.75, 3.05) is 14.2 Å². The fourth-order valence-corrected chi connectivity index (χ4v) is 9.36. The van der Waals surface area contributed by atoms with Gasteiger partial charge in [0.1, 0.15) is 15.7 Å². The molecule has 4 rings (SSSR count). The Kier molecular flexibility index (Phi) is 8.22. The number of β-lactam (4-membered cyclic amide) rings is 1. The Morgan fingerprint density at radius 3 is 2.06 bits per heavy atom. The van der Waals surface area contributed by atoms with E-state index in [-0.39, 0.29) is 15.2 Å². The summed E-state index contributed by atoms with van der Waals surface area (Å²) in [4.78, 5) is 28.9. The van der Waals surface area contributed by atoms with E-state index in [2.05, 4.69) is 38.5 Å². The zero-order chi connectivity index (χ0) is 25.4. The Morgan fingerprint density at radius 2 is 1.57 bits per heavy atom. The molecule has 0 unspecified atom stereocenters. The number of hydrogen-bond acceptors (Lipinski definition) is 6. The summed E-state index contributed by atoms with van der Waals surface area (Å²) in [5.74, 6) is -0.505. The number of esters is 1. The normalized spacial score (nSPS) is 25.9. The number of benzene rings is 2. The molecule has 188 valence electrons. The van der Waals surface area contributed by atoms with Crippen molar-refractivity contribution >= 4 is 62.2 Å². The van der Waals surface area contributed by atoms with Crippen molar-refractivity contribution in [2.24, 2.45) is 0 Å². The second kappa shape index (κ2) is 10.7. The van der Waals surface area contributed by atoms with Crippen molar-refractivity contribution in [2.45, 2.75) is 57.1 Å². The van der Waals surface area contributed by atoms with E-state index in [4.69, 9.17) is 14.2 Å². The van der Waals surface area contributed by atoms with Gasteiger partial charge < -0.3 is 19.1 Å². The topological polar surface area (TPSA) is 65.1 Å². The molecule has 0 spiro atoms. The van der Waals surface area contributed by atoms with Gasteiger partial charge in [-0.3, -0.25) is 4.79 Å². The van der Waals surface area contributed by atoms with Crippen LogP contribution in [0.1, 0.15) is 37.5 Å². The van der Waals surface area contributed by atoms with Gasteiger partial charge in [0.15, 0.2) is 12.4 Å². The number of nitrogens with zero attached hydrogens (tertiary/aromatic N) is 1. The van der Waals surface area contributed by atoms with E-state index in [1.807, 2.05) is 74.5 Å². The summed E-state index contributed by atoms with van der Waals surface area (Å²) >= 11 is 7.62. The number of carbonyl (C=O) groups excluding carboxylic acids is 2. The summed E-state index contributed by atoms with van der Waals surface area (Å²) in [5, 5.41) is -0.193. The summed E-state index contributed by atoms with van der Waals surface area (Å²) in [6, 6.07) is 18.7. The monoisotopic (exact) mass is 673 g/mol. The Morgan fingerprint density at radius 1 is 1.06 bits per heavy atom. The molecule has 0 aromatic heterocycles. The lowest BCUT2D eigenvalue weighted by Crippen LogP contribution is -2.71. The molecule has 2 aromatic carbocycles. The third kappa shape index (κ3) is 5.03. The number of ether oxygens (including phenoxy) is 3. The number of halogens is 2. The van der Waals surface area contributed by atoms with Gasteiger partial charge in [-0.1, -0.05) is 99.2 Å². The van der Waals surface area contributed by atoms with E-state index >= 15 is 0 Å². The molecule has 2 aromatic rings. The molecule has 0 radical (unpaired) electrons. The highest BCUT2D eigenvalue weighted by atomic mass is 127. The minimum Gasteiger partial charge on any atom is -0.451 e. The van der Waals surface area contributed by atoms with Crippen LogP contribution in [-0.2, 0) is 23.8 Å². The molecular formula is C26H29BrINO5S. The number of rotatable bonds is 9. The van der Waals surface area contributed by atoms with Gasteiger partial charge in [0.25, 0.3) is 0 Å². The van der Waals surface area contributed by atoms with Crippen molar-refractivity contribution in [3.8, 4) is 0 Å².